The van der Waals surface area contributed by atoms with Crippen LogP contribution in [0.3, 0.4) is 0 Å². The molecule has 43 heavy (non-hydrogen) atoms. The maximum absolute atomic E-state index is 11.1. The second kappa shape index (κ2) is 15.4. The number of carbonyl (C=O) groups is 1. The molecule has 1 aromatic heterocycles. The lowest BCUT2D eigenvalue weighted by Gasteiger charge is -2.14. The summed E-state index contributed by atoms with van der Waals surface area (Å²) in [6.07, 6.45) is 0.948. The van der Waals surface area contributed by atoms with Crippen LogP contribution in [0.4, 0.5) is 5.69 Å². The number of carboxylic acids is 1. The van der Waals surface area contributed by atoms with Gasteiger partial charge in [0.2, 0.25) is 0 Å². The predicted octanol–water partition coefficient (Wildman–Crippen LogP) is 7.66. The molecule has 0 aliphatic carbocycles. The van der Waals surface area contributed by atoms with Crippen molar-refractivity contribution in [2.75, 3.05) is 12.3 Å². The van der Waals surface area contributed by atoms with E-state index in [0.717, 1.165) is 28.0 Å². The fourth-order valence-electron chi connectivity index (χ4n) is 4.43. The number of nitrogens with zero attached hydrogens (tertiary/aromatic N) is 2. The molecule has 0 unspecified atom stereocenters. The van der Waals surface area contributed by atoms with Gasteiger partial charge in [0.15, 0.2) is 0 Å². The monoisotopic (exact) mass is 643 g/mol. The molecular formula is C32H32Cl3N3O5. The van der Waals surface area contributed by atoms with E-state index < -0.39 is 5.97 Å². The van der Waals surface area contributed by atoms with Crippen molar-refractivity contribution in [2.45, 2.75) is 25.9 Å². The Morgan fingerprint density at radius 2 is 1.65 bits per heavy atom. The SMILES string of the molecule is Cl.Cl.Cn1c(CCOc2ccc(CCC(=O)O)c(OCc3ccc(Cl)cc3)c2)nc2ccc(Oc3cccc(N)c3)cc21. The highest BCUT2D eigenvalue weighted by atomic mass is 35.5. The Labute approximate surface area is 267 Å². The molecule has 0 radical (unpaired) electrons. The topological polar surface area (TPSA) is 109 Å². The number of fused-ring (bicyclic) bond motifs is 1. The number of nitrogens with two attached hydrogens (primary N) is 1. The van der Waals surface area contributed by atoms with Crippen LogP contribution in [0.15, 0.2) is 84.9 Å². The lowest BCUT2D eigenvalue weighted by atomic mass is 10.1. The molecule has 0 saturated carbocycles. The molecule has 5 aromatic rings. The van der Waals surface area contributed by atoms with E-state index >= 15 is 0 Å². The van der Waals surface area contributed by atoms with E-state index in [1.165, 1.54) is 0 Å². The number of hydrogen-bond acceptors (Lipinski definition) is 6. The molecule has 4 aromatic carbocycles. The van der Waals surface area contributed by atoms with E-state index in [0.29, 0.717) is 59.8 Å². The van der Waals surface area contributed by atoms with Gasteiger partial charge in [0.1, 0.15) is 35.4 Å². The maximum Gasteiger partial charge on any atom is 0.303 e. The van der Waals surface area contributed by atoms with E-state index in [1.807, 2.05) is 78.3 Å². The van der Waals surface area contributed by atoms with Gasteiger partial charge in [-0.25, -0.2) is 4.98 Å². The standard InChI is InChI=1S/C32H30ClN3O5.2ClH/c1-36-29-18-27(41-26-4-2-3-24(34)17-26)12-13-28(29)35-31(36)15-16-39-25-11-7-22(8-14-32(37)38)30(19-25)40-20-21-5-9-23(33)10-6-21;;/h2-7,9-13,17-19H,8,14-16,20,34H2,1H3,(H,37,38);2*1H. The van der Waals surface area contributed by atoms with E-state index in [2.05, 4.69) is 0 Å². The molecule has 8 nitrogen and oxygen atoms in total. The van der Waals surface area contributed by atoms with Crippen LogP contribution in [0, 0.1) is 0 Å². The number of ether oxygens (including phenoxy) is 3. The summed E-state index contributed by atoms with van der Waals surface area (Å²) in [7, 11) is 1.97. The molecule has 5 rings (SSSR count). The summed E-state index contributed by atoms with van der Waals surface area (Å²) in [4.78, 5) is 15.9. The summed E-state index contributed by atoms with van der Waals surface area (Å²) in [6.45, 7) is 0.721. The summed E-state index contributed by atoms with van der Waals surface area (Å²) in [6, 6.07) is 26.0. The number of nitrogen functional groups attached to an aromatic ring is 1. The number of benzene rings is 4. The number of hydrogen-bond donors (Lipinski definition) is 2. The van der Waals surface area contributed by atoms with Crippen molar-refractivity contribution in [1.29, 1.82) is 0 Å². The van der Waals surface area contributed by atoms with Gasteiger partial charge in [0, 0.05) is 48.8 Å². The van der Waals surface area contributed by atoms with Crippen LogP contribution in [-0.2, 0) is 31.3 Å². The van der Waals surface area contributed by atoms with E-state index in [4.69, 9.17) is 41.6 Å². The van der Waals surface area contributed by atoms with Gasteiger partial charge in [0.25, 0.3) is 0 Å². The highest BCUT2D eigenvalue weighted by Gasteiger charge is 2.12. The second-order valence-electron chi connectivity index (χ2n) is 9.59. The van der Waals surface area contributed by atoms with E-state index in [9.17, 15) is 4.79 Å². The Kier molecular flexibility index (Phi) is 11.9. The van der Waals surface area contributed by atoms with Crippen LogP contribution in [0.2, 0.25) is 5.02 Å². The number of halogens is 3. The third kappa shape index (κ3) is 8.94. The number of anilines is 1. The zero-order valence-corrected chi connectivity index (χ0v) is 25.8. The van der Waals surface area contributed by atoms with E-state index in [-0.39, 0.29) is 31.2 Å². The van der Waals surface area contributed by atoms with Crippen LogP contribution in [0.1, 0.15) is 23.4 Å². The molecule has 11 heteroatoms. The summed E-state index contributed by atoms with van der Waals surface area (Å²) >= 11 is 5.98. The molecule has 0 atom stereocenters. The summed E-state index contributed by atoms with van der Waals surface area (Å²) in [5.74, 6) is 2.60. The number of aliphatic carboxylic acids is 1. The van der Waals surface area contributed by atoms with Crippen LogP contribution >= 0.6 is 36.4 Å². The largest absolute Gasteiger partial charge is 0.493 e. The Morgan fingerprint density at radius 3 is 2.40 bits per heavy atom. The molecule has 0 aliphatic heterocycles. The zero-order valence-electron chi connectivity index (χ0n) is 23.4. The van der Waals surface area contributed by atoms with Gasteiger partial charge in [-0.15, -0.1) is 24.8 Å². The van der Waals surface area contributed by atoms with Crippen molar-refractivity contribution < 1.29 is 24.1 Å². The first-order valence-electron chi connectivity index (χ1n) is 13.2. The fourth-order valence-corrected chi connectivity index (χ4v) is 4.56. The number of carboxylic acid groups (broad SMARTS) is 1. The maximum atomic E-state index is 11.1. The molecule has 0 amide bonds. The molecule has 3 N–H and O–H groups in total. The van der Waals surface area contributed by atoms with Crippen molar-refractivity contribution in [2.24, 2.45) is 7.05 Å². The fraction of sp³-hybridized carbons (Fsp3) is 0.188. The Balaban J connectivity index is 0.00000253. The number of aromatic nitrogens is 2. The molecule has 226 valence electrons. The average molecular weight is 645 g/mol. The highest BCUT2D eigenvalue weighted by Crippen LogP contribution is 2.29. The summed E-state index contributed by atoms with van der Waals surface area (Å²) in [5.41, 5.74) is 10.1. The molecule has 0 aliphatic rings. The van der Waals surface area contributed by atoms with Crippen LogP contribution < -0.4 is 19.9 Å². The van der Waals surface area contributed by atoms with Crippen molar-refractivity contribution in [3.63, 3.8) is 0 Å². The molecule has 0 fully saturated rings. The van der Waals surface area contributed by atoms with Crippen molar-refractivity contribution in [3.05, 3.63) is 107 Å². The third-order valence-electron chi connectivity index (χ3n) is 6.59. The van der Waals surface area contributed by atoms with Gasteiger partial charge in [-0.1, -0.05) is 35.9 Å². The lowest BCUT2D eigenvalue weighted by Crippen LogP contribution is -2.07. The van der Waals surface area contributed by atoms with Gasteiger partial charge in [-0.05, 0) is 60.0 Å². The predicted molar refractivity (Wildman–Crippen MR) is 174 cm³/mol. The summed E-state index contributed by atoms with van der Waals surface area (Å²) < 4.78 is 20.1. The smallest absolute Gasteiger partial charge is 0.303 e. The van der Waals surface area contributed by atoms with Gasteiger partial charge in [-0.3, -0.25) is 4.79 Å². The first-order valence-corrected chi connectivity index (χ1v) is 13.6. The Bertz CT molecular complexity index is 1680. The van der Waals surface area contributed by atoms with Crippen molar-refractivity contribution in [1.82, 2.24) is 9.55 Å². The van der Waals surface area contributed by atoms with Crippen LogP contribution in [0.5, 0.6) is 23.0 Å². The number of rotatable bonds is 12. The molecule has 0 bridgehead atoms. The molecular weight excluding hydrogens is 613 g/mol. The minimum atomic E-state index is -0.861. The first kappa shape index (κ1) is 33.4. The summed E-state index contributed by atoms with van der Waals surface area (Å²) in [5, 5.41) is 9.80. The Hall–Kier alpha value is -4.11. The van der Waals surface area contributed by atoms with Crippen LogP contribution in [-0.4, -0.2) is 27.2 Å². The average Bonchev–Trinajstić information content (AvgIpc) is 3.26. The molecule has 1 heterocycles. The minimum absolute atomic E-state index is 0. The van der Waals surface area contributed by atoms with E-state index in [1.54, 1.807) is 18.2 Å². The van der Waals surface area contributed by atoms with Crippen LogP contribution in [0.25, 0.3) is 11.0 Å². The lowest BCUT2D eigenvalue weighted by molar-refractivity contribution is -0.136. The van der Waals surface area contributed by atoms with Gasteiger partial charge in [0.05, 0.1) is 17.6 Å². The number of imidazole rings is 1. The first-order chi connectivity index (χ1) is 19.8. The van der Waals surface area contributed by atoms with Gasteiger partial charge in [-0.2, -0.15) is 0 Å². The quantitative estimate of drug-likeness (QED) is 0.134. The second-order valence-corrected chi connectivity index (χ2v) is 10.0. The number of aryl methyl sites for hydroxylation is 2. The van der Waals surface area contributed by atoms with Crippen molar-refractivity contribution in [3.8, 4) is 23.0 Å². The highest BCUT2D eigenvalue weighted by molar-refractivity contribution is 6.30. The zero-order chi connectivity index (χ0) is 28.8. The van der Waals surface area contributed by atoms with Gasteiger partial charge >= 0.3 is 5.97 Å². The molecule has 0 saturated heterocycles. The Morgan fingerprint density at radius 1 is 0.907 bits per heavy atom. The van der Waals surface area contributed by atoms with Gasteiger partial charge < -0.3 is 29.6 Å². The minimum Gasteiger partial charge on any atom is -0.493 e. The third-order valence-corrected chi connectivity index (χ3v) is 6.84. The molecule has 0 spiro atoms. The normalized spacial score (nSPS) is 10.5. The van der Waals surface area contributed by atoms with Crippen molar-refractivity contribution >= 4 is 59.1 Å².